The molecular formula is C17H30N2O. The zero-order valence-electron chi connectivity index (χ0n) is 13.8. The molecule has 0 amide bonds. The van der Waals surface area contributed by atoms with Gasteiger partial charge in [-0.3, -0.25) is 4.98 Å². The Kier molecular flexibility index (Phi) is 7.00. The summed E-state index contributed by atoms with van der Waals surface area (Å²) in [5.41, 5.74) is 1.22. The van der Waals surface area contributed by atoms with E-state index in [0.717, 1.165) is 18.7 Å². The zero-order valence-corrected chi connectivity index (χ0v) is 13.8. The summed E-state index contributed by atoms with van der Waals surface area (Å²) in [5, 5.41) is 3.65. The van der Waals surface area contributed by atoms with E-state index in [1.165, 1.54) is 5.56 Å². The first kappa shape index (κ1) is 17.0. The topological polar surface area (TPSA) is 34.2 Å². The third-order valence-corrected chi connectivity index (χ3v) is 3.66. The van der Waals surface area contributed by atoms with Crippen LogP contribution in [0.4, 0.5) is 0 Å². The molecule has 1 aromatic heterocycles. The second-order valence-corrected chi connectivity index (χ2v) is 6.16. The van der Waals surface area contributed by atoms with Crippen LogP contribution in [0.3, 0.4) is 0 Å². The fourth-order valence-corrected chi connectivity index (χ4v) is 2.23. The molecule has 0 saturated carbocycles. The molecule has 0 spiro atoms. The molecular weight excluding hydrogens is 248 g/mol. The lowest BCUT2D eigenvalue weighted by Crippen LogP contribution is -2.30. The van der Waals surface area contributed by atoms with E-state index in [9.17, 15) is 0 Å². The molecule has 20 heavy (non-hydrogen) atoms. The highest BCUT2D eigenvalue weighted by Crippen LogP contribution is 2.29. The molecule has 2 unspecified atom stereocenters. The molecule has 0 fully saturated rings. The Hall–Kier alpha value is -1.09. The maximum Gasteiger partial charge on any atom is 0.138 e. The summed E-state index contributed by atoms with van der Waals surface area (Å²) in [4.78, 5) is 4.34. The smallest absolute Gasteiger partial charge is 0.138 e. The van der Waals surface area contributed by atoms with Gasteiger partial charge in [0.2, 0.25) is 0 Å². The van der Waals surface area contributed by atoms with Crippen molar-refractivity contribution in [1.29, 1.82) is 0 Å². The van der Waals surface area contributed by atoms with Crippen LogP contribution in [0.1, 0.15) is 59.6 Å². The van der Waals surface area contributed by atoms with E-state index >= 15 is 0 Å². The molecule has 3 nitrogen and oxygen atoms in total. The van der Waals surface area contributed by atoms with Crippen molar-refractivity contribution < 1.29 is 4.74 Å². The summed E-state index contributed by atoms with van der Waals surface area (Å²) < 4.78 is 5.76. The monoisotopic (exact) mass is 278 g/mol. The number of rotatable bonds is 8. The molecule has 114 valence electrons. The number of ether oxygens (including phenoxy) is 1. The van der Waals surface area contributed by atoms with Gasteiger partial charge in [-0.2, -0.15) is 0 Å². The largest absolute Gasteiger partial charge is 0.489 e. The molecule has 0 saturated heterocycles. The van der Waals surface area contributed by atoms with Gasteiger partial charge < -0.3 is 10.1 Å². The molecule has 0 aliphatic carbocycles. The van der Waals surface area contributed by atoms with E-state index in [2.05, 4.69) is 44.1 Å². The maximum atomic E-state index is 5.76. The highest BCUT2D eigenvalue weighted by molar-refractivity contribution is 5.26. The Morgan fingerprint density at radius 3 is 2.40 bits per heavy atom. The lowest BCUT2D eigenvalue weighted by atomic mass is 9.86. The SMILES string of the molecule is CCCNC(c1cncc(OC(C)C)c1)C(C)C(C)C. The molecule has 0 radical (unpaired) electrons. The Labute approximate surface area is 124 Å². The number of nitrogens with zero attached hydrogens (tertiary/aromatic N) is 1. The van der Waals surface area contributed by atoms with E-state index < -0.39 is 0 Å². The first-order chi connectivity index (χ1) is 9.45. The average Bonchev–Trinajstić information content (AvgIpc) is 2.38. The normalized spacial score (nSPS) is 14.6. The molecule has 0 aromatic carbocycles. The van der Waals surface area contributed by atoms with Gasteiger partial charge in [-0.1, -0.05) is 27.7 Å². The fraction of sp³-hybridized carbons (Fsp3) is 0.706. The predicted octanol–water partition coefficient (Wildman–Crippen LogP) is 4.20. The van der Waals surface area contributed by atoms with Crippen LogP contribution < -0.4 is 10.1 Å². The summed E-state index contributed by atoms with van der Waals surface area (Å²) in [6.07, 6.45) is 5.06. The van der Waals surface area contributed by atoms with Crippen LogP contribution in [0.15, 0.2) is 18.5 Å². The van der Waals surface area contributed by atoms with Gasteiger partial charge in [-0.15, -0.1) is 0 Å². The van der Waals surface area contributed by atoms with E-state index in [-0.39, 0.29) is 6.10 Å². The van der Waals surface area contributed by atoms with Crippen molar-refractivity contribution in [2.75, 3.05) is 6.54 Å². The van der Waals surface area contributed by atoms with Crippen LogP contribution in [-0.2, 0) is 0 Å². The molecule has 2 atom stereocenters. The molecule has 1 aromatic rings. The first-order valence-electron chi connectivity index (χ1n) is 7.80. The number of nitrogens with one attached hydrogen (secondary N) is 1. The summed E-state index contributed by atoms with van der Waals surface area (Å²) >= 11 is 0. The summed E-state index contributed by atoms with van der Waals surface area (Å²) in [6, 6.07) is 2.46. The van der Waals surface area contributed by atoms with E-state index in [0.29, 0.717) is 17.9 Å². The van der Waals surface area contributed by atoms with Gasteiger partial charge in [0.05, 0.1) is 12.3 Å². The van der Waals surface area contributed by atoms with Crippen molar-refractivity contribution in [3.8, 4) is 5.75 Å². The van der Waals surface area contributed by atoms with Crippen LogP contribution in [-0.4, -0.2) is 17.6 Å². The predicted molar refractivity (Wildman–Crippen MR) is 85.0 cm³/mol. The Bertz CT molecular complexity index is 390. The molecule has 1 heterocycles. The molecule has 0 aliphatic heterocycles. The standard InChI is InChI=1S/C17H30N2O/c1-7-8-19-17(14(6)12(2)3)15-9-16(11-18-10-15)20-13(4)5/h9-14,17,19H,7-8H2,1-6H3. The number of hydrogen-bond donors (Lipinski definition) is 1. The second kappa shape index (κ2) is 8.25. The summed E-state index contributed by atoms with van der Waals surface area (Å²) in [6.45, 7) is 14.1. The average molecular weight is 278 g/mol. The second-order valence-electron chi connectivity index (χ2n) is 6.16. The fourth-order valence-electron chi connectivity index (χ4n) is 2.23. The number of aromatic nitrogens is 1. The van der Waals surface area contributed by atoms with Crippen molar-refractivity contribution in [2.24, 2.45) is 11.8 Å². The van der Waals surface area contributed by atoms with Crippen molar-refractivity contribution in [3.63, 3.8) is 0 Å². The van der Waals surface area contributed by atoms with Gasteiger partial charge in [0.25, 0.3) is 0 Å². The van der Waals surface area contributed by atoms with Gasteiger partial charge in [0.15, 0.2) is 0 Å². The molecule has 0 bridgehead atoms. The van der Waals surface area contributed by atoms with Gasteiger partial charge in [0, 0.05) is 12.2 Å². The van der Waals surface area contributed by atoms with E-state index in [1.807, 2.05) is 20.0 Å². The van der Waals surface area contributed by atoms with Crippen molar-refractivity contribution in [1.82, 2.24) is 10.3 Å². The van der Waals surface area contributed by atoms with Crippen LogP contribution in [0.5, 0.6) is 5.75 Å². The lowest BCUT2D eigenvalue weighted by Gasteiger charge is -2.28. The van der Waals surface area contributed by atoms with Crippen LogP contribution in [0.25, 0.3) is 0 Å². The van der Waals surface area contributed by atoms with Crippen molar-refractivity contribution in [2.45, 2.75) is 60.1 Å². The van der Waals surface area contributed by atoms with Crippen LogP contribution in [0.2, 0.25) is 0 Å². The quantitative estimate of drug-likeness (QED) is 0.773. The third kappa shape index (κ3) is 5.12. The molecule has 1 N–H and O–H groups in total. The molecule has 1 rings (SSSR count). The Balaban J connectivity index is 2.94. The minimum Gasteiger partial charge on any atom is -0.489 e. The first-order valence-corrected chi connectivity index (χ1v) is 7.80. The number of hydrogen-bond acceptors (Lipinski definition) is 3. The Morgan fingerprint density at radius 1 is 1.15 bits per heavy atom. The zero-order chi connectivity index (χ0) is 15.1. The van der Waals surface area contributed by atoms with Crippen molar-refractivity contribution in [3.05, 3.63) is 24.0 Å². The van der Waals surface area contributed by atoms with Gasteiger partial charge in [0.1, 0.15) is 5.75 Å². The Morgan fingerprint density at radius 2 is 1.85 bits per heavy atom. The van der Waals surface area contributed by atoms with E-state index in [4.69, 9.17) is 4.74 Å². The highest BCUT2D eigenvalue weighted by atomic mass is 16.5. The van der Waals surface area contributed by atoms with E-state index in [1.54, 1.807) is 6.20 Å². The van der Waals surface area contributed by atoms with Gasteiger partial charge in [-0.05, 0) is 50.3 Å². The molecule has 3 heteroatoms. The third-order valence-electron chi connectivity index (χ3n) is 3.66. The summed E-state index contributed by atoms with van der Waals surface area (Å²) in [5.74, 6) is 2.04. The van der Waals surface area contributed by atoms with Crippen LogP contribution >= 0.6 is 0 Å². The highest BCUT2D eigenvalue weighted by Gasteiger charge is 2.22. The minimum atomic E-state index is 0.177. The van der Waals surface area contributed by atoms with Crippen LogP contribution in [0, 0.1) is 11.8 Å². The van der Waals surface area contributed by atoms with Gasteiger partial charge in [-0.25, -0.2) is 0 Å². The number of pyridine rings is 1. The van der Waals surface area contributed by atoms with Gasteiger partial charge >= 0.3 is 0 Å². The minimum absolute atomic E-state index is 0.177. The maximum absolute atomic E-state index is 5.76. The summed E-state index contributed by atoms with van der Waals surface area (Å²) in [7, 11) is 0. The lowest BCUT2D eigenvalue weighted by molar-refractivity contribution is 0.240. The molecule has 0 aliphatic rings. The van der Waals surface area contributed by atoms with Crippen molar-refractivity contribution >= 4 is 0 Å².